The zero-order valence-electron chi connectivity index (χ0n) is 11.9. The van der Waals surface area contributed by atoms with Crippen LogP contribution in [0, 0.1) is 12.8 Å². The molecular formula is C16H26N2. The third kappa shape index (κ3) is 2.86. The van der Waals surface area contributed by atoms with Crippen LogP contribution in [-0.4, -0.2) is 18.6 Å². The number of hydrogen-bond acceptors (Lipinski definition) is 2. The largest absolute Gasteiger partial charge is 0.366 e. The van der Waals surface area contributed by atoms with Gasteiger partial charge in [0.25, 0.3) is 0 Å². The first-order valence-corrected chi connectivity index (χ1v) is 7.07. The Balaban J connectivity index is 2.18. The molecule has 1 aliphatic heterocycles. The van der Waals surface area contributed by atoms with Gasteiger partial charge in [-0.2, -0.15) is 0 Å². The van der Waals surface area contributed by atoms with Crippen LogP contribution in [0.2, 0.25) is 0 Å². The average Bonchev–Trinajstić information content (AvgIpc) is 2.33. The van der Waals surface area contributed by atoms with Crippen LogP contribution in [-0.2, 0) is 0 Å². The Labute approximate surface area is 111 Å². The second kappa shape index (κ2) is 5.31. The Hall–Kier alpha value is -1.02. The van der Waals surface area contributed by atoms with E-state index in [0.29, 0.717) is 0 Å². The zero-order valence-corrected chi connectivity index (χ0v) is 11.9. The molecule has 1 unspecified atom stereocenters. The highest BCUT2D eigenvalue weighted by Gasteiger charge is 2.33. The highest BCUT2D eigenvalue weighted by atomic mass is 15.2. The molecule has 2 N–H and O–H groups in total. The average molecular weight is 246 g/mol. The smallest absolute Gasteiger partial charge is 0.0370 e. The number of aryl methyl sites for hydroxylation is 1. The number of nitrogens with two attached hydrogens (primary N) is 1. The molecule has 1 atom stereocenters. The van der Waals surface area contributed by atoms with Gasteiger partial charge in [0.2, 0.25) is 0 Å². The molecule has 1 aliphatic rings. The highest BCUT2D eigenvalue weighted by molar-refractivity contribution is 5.50. The predicted octanol–water partition coefficient (Wildman–Crippen LogP) is 3.34. The standard InChI is InChI=1S/C16H26N2/c1-13-4-6-15(7-5-13)18-12-14(9-11-17)8-10-16(18,2)3/h4-7,14H,8-12,17H2,1-3H3. The summed E-state index contributed by atoms with van der Waals surface area (Å²) in [4.78, 5) is 2.57. The molecule has 1 aromatic rings. The van der Waals surface area contributed by atoms with Crippen molar-refractivity contribution in [2.45, 2.75) is 45.6 Å². The van der Waals surface area contributed by atoms with E-state index in [1.807, 2.05) is 0 Å². The molecule has 0 spiro atoms. The van der Waals surface area contributed by atoms with Gasteiger partial charge >= 0.3 is 0 Å². The Morgan fingerprint density at radius 2 is 1.94 bits per heavy atom. The van der Waals surface area contributed by atoms with Crippen LogP contribution in [0.1, 0.15) is 38.7 Å². The SMILES string of the molecule is Cc1ccc(N2CC(CCN)CCC2(C)C)cc1. The summed E-state index contributed by atoms with van der Waals surface area (Å²) in [6, 6.07) is 8.92. The Bertz CT molecular complexity index is 381. The van der Waals surface area contributed by atoms with Crippen LogP contribution in [0.25, 0.3) is 0 Å². The maximum atomic E-state index is 5.71. The van der Waals surface area contributed by atoms with Gasteiger partial charge in [0, 0.05) is 17.8 Å². The summed E-state index contributed by atoms with van der Waals surface area (Å²) >= 11 is 0. The molecule has 1 aromatic carbocycles. The Morgan fingerprint density at radius 1 is 1.28 bits per heavy atom. The van der Waals surface area contributed by atoms with Gasteiger partial charge in [-0.1, -0.05) is 17.7 Å². The topological polar surface area (TPSA) is 29.3 Å². The highest BCUT2D eigenvalue weighted by Crippen LogP contribution is 2.35. The number of rotatable bonds is 3. The minimum Gasteiger partial charge on any atom is -0.366 e. The van der Waals surface area contributed by atoms with E-state index in [1.165, 1.54) is 24.1 Å². The summed E-state index contributed by atoms with van der Waals surface area (Å²) in [5.74, 6) is 0.754. The van der Waals surface area contributed by atoms with E-state index in [1.54, 1.807) is 0 Å². The van der Waals surface area contributed by atoms with E-state index in [-0.39, 0.29) is 5.54 Å². The zero-order chi connectivity index (χ0) is 13.2. The van der Waals surface area contributed by atoms with Crippen molar-refractivity contribution < 1.29 is 0 Å². The van der Waals surface area contributed by atoms with E-state index < -0.39 is 0 Å². The van der Waals surface area contributed by atoms with Crippen molar-refractivity contribution in [1.82, 2.24) is 0 Å². The van der Waals surface area contributed by atoms with E-state index in [9.17, 15) is 0 Å². The van der Waals surface area contributed by atoms with E-state index in [2.05, 4.69) is 49.9 Å². The maximum Gasteiger partial charge on any atom is 0.0370 e. The second-order valence-electron chi connectivity index (χ2n) is 6.24. The molecular weight excluding hydrogens is 220 g/mol. The molecule has 0 saturated carbocycles. The van der Waals surface area contributed by atoms with Gasteiger partial charge in [-0.25, -0.2) is 0 Å². The molecule has 0 aromatic heterocycles. The molecule has 1 fully saturated rings. The first-order valence-electron chi connectivity index (χ1n) is 7.07. The lowest BCUT2D eigenvalue weighted by Crippen LogP contribution is -2.50. The van der Waals surface area contributed by atoms with Crippen molar-refractivity contribution >= 4 is 5.69 Å². The quantitative estimate of drug-likeness (QED) is 0.886. The molecule has 2 heteroatoms. The number of benzene rings is 1. The normalized spacial score (nSPS) is 23.1. The number of hydrogen-bond donors (Lipinski definition) is 1. The fraction of sp³-hybridized carbons (Fsp3) is 0.625. The summed E-state index contributed by atoms with van der Waals surface area (Å²) in [5.41, 5.74) is 8.66. The molecule has 0 amide bonds. The molecule has 0 bridgehead atoms. The van der Waals surface area contributed by atoms with E-state index in [4.69, 9.17) is 5.73 Å². The Morgan fingerprint density at radius 3 is 2.56 bits per heavy atom. The Kier molecular flexibility index (Phi) is 3.96. The van der Waals surface area contributed by atoms with Gasteiger partial charge in [0.15, 0.2) is 0 Å². The number of anilines is 1. The van der Waals surface area contributed by atoms with Crippen molar-refractivity contribution in [3.8, 4) is 0 Å². The fourth-order valence-electron chi connectivity index (χ4n) is 2.94. The predicted molar refractivity (Wildman–Crippen MR) is 79.0 cm³/mol. The minimum absolute atomic E-state index is 0.264. The summed E-state index contributed by atoms with van der Waals surface area (Å²) in [7, 11) is 0. The molecule has 0 radical (unpaired) electrons. The molecule has 0 aliphatic carbocycles. The lowest BCUT2D eigenvalue weighted by molar-refractivity contribution is 0.282. The lowest BCUT2D eigenvalue weighted by Gasteiger charge is -2.47. The lowest BCUT2D eigenvalue weighted by atomic mass is 9.83. The van der Waals surface area contributed by atoms with Crippen molar-refractivity contribution in [2.24, 2.45) is 11.7 Å². The van der Waals surface area contributed by atoms with Crippen LogP contribution >= 0.6 is 0 Å². The first kappa shape index (κ1) is 13.4. The van der Waals surface area contributed by atoms with Crippen LogP contribution in [0.5, 0.6) is 0 Å². The summed E-state index contributed by atoms with van der Waals surface area (Å²) in [6.45, 7) is 8.81. The van der Waals surface area contributed by atoms with E-state index >= 15 is 0 Å². The van der Waals surface area contributed by atoms with Gasteiger partial charge in [0.1, 0.15) is 0 Å². The molecule has 2 rings (SSSR count). The molecule has 2 nitrogen and oxygen atoms in total. The van der Waals surface area contributed by atoms with Gasteiger partial charge in [-0.3, -0.25) is 0 Å². The van der Waals surface area contributed by atoms with E-state index in [0.717, 1.165) is 25.4 Å². The molecule has 1 saturated heterocycles. The number of piperidine rings is 1. The van der Waals surface area contributed by atoms with Crippen molar-refractivity contribution in [2.75, 3.05) is 18.0 Å². The van der Waals surface area contributed by atoms with Gasteiger partial charge < -0.3 is 10.6 Å². The van der Waals surface area contributed by atoms with Crippen LogP contribution in [0.15, 0.2) is 24.3 Å². The second-order valence-corrected chi connectivity index (χ2v) is 6.24. The molecule has 18 heavy (non-hydrogen) atoms. The third-order valence-electron chi connectivity index (χ3n) is 4.26. The van der Waals surface area contributed by atoms with Crippen molar-refractivity contribution in [3.05, 3.63) is 29.8 Å². The first-order chi connectivity index (χ1) is 8.53. The van der Waals surface area contributed by atoms with Crippen LogP contribution < -0.4 is 10.6 Å². The van der Waals surface area contributed by atoms with Gasteiger partial charge in [0.05, 0.1) is 0 Å². The monoisotopic (exact) mass is 246 g/mol. The summed E-state index contributed by atoms with van der Waals surface area (Å²) < 4.78 is 0. The van der Waals surface area contributed by atoms with Crippen molar-refractivity contribution in [1.29, 1.82) is 0 Å². The fourth-order valence-corrected chi connectivity index (χ4v) is 2.94. The minimum atomic E-state index is 0.264. The van der Waals surface area contributed by atoms with Crippen molar-refractivity contribution in [3.63, 3.8) is 0 Å². The van der Waals surface area contributed by atoms with Gasteiger partial charge in [-0.15, -0.1) is 0 Å². The summed E-state index contributed by atoms with van der Waals surface area (Å²) in [6.07, 6.45) is 3.72. The molecule has 1 heterocycles. The third-order valence-corrected chi connectivity index (χ3v) is 4.26. The van der Waals surface area contributed by atoms with Crippen LogP contribution in [0.4, 0.5) is 5.69 Å². The molecule has 100 valence electrons. The van der Waals surface area contributed by atoms with Crippen LogP contribution in [0.3, 0.4) is 0 Å². The number of nitrogens with zero attached hydrogens (tertiary/aromatic N) is 1. The summed E-state index contributed by atoms with van der Waals surface area (Å²) in [5, 5.41) is 0. The maximum absolute atomic E-state index is 5.71. The van der Waals surface area contributed by atoms with Gasteiger partial charge in [-0.05, 0) is 64.6 Å².